The Bertz CT molecular complexity index is 1120. The highest BCUT2D eigenvalue weighted by Crippen LogP contribution is 2.25. The van der Waals surface area contributed by atoms with Crippen molar-refractivity contribution >= 4 is 34.8 Å². The molecule has 33 heavy (non-hydrogen) atoms. The molecular formula is C27H31Cl2N3O. The third-order valence-corrected chi connectivity index (χ3v) is 6.38. The fourth-order valence-corrected chi connectivity index (χ4v) is 3.93. The van der Waals surface area contributed by atoms with Gasteiger partial charge in [0.15, 0.2) is 5.69 Å². The Morgan fingerprint density at radius 1 is 0.970 bits per heavy atom. The SMILES string of the molecule is CNc1ccc(C)nc1C(=O)N(CCc1ccc(Cl)c(Cl)c1)Cc1ccc(C(C)(C)C)cc1. The van der Waals surface area contributed by atoms with Gasteiger partial charge in [0.2, 0.25) is 0 Å². The Hall–Kier alpha value is -2.56. The number of carbonyl (C=O) groups excluding carboxylic acids is 1. The summed E-state index contributed by atoms with van der Waals surface area (Å²) in [6, 6.07) is 17.9. The van der Waals surface area contributed by atoms with Crippen LogP contribution in [0, 0.1) is 6.92 Å². The van der Waals surface area contributed by atoms with Crippen molar-refractivity contribution in [3.63, 3.8) is 0 Å². The molecule has 0 aliphatic carbocycles. The first-order valence-corrected chi connectivity index (χ1v) is 11.8. The third-order valence-electron chi connectivity index (χ3n) is 5.64. The maximum absolute atomic E-state index is 13.6. The van der Waals surface area contributed by atoms with Crippen LogP contribution in [0.1, 0.15) is 53.6 Å². The number of hydrogen-bond donors (Lipinski definition) is 1. The minimum absolute atomic E-state index is 0.0784. The number of aryl methyl sites for hydroxylation is 1. The largest absolute Gasteiger partial charge is 0.386 e. The van der Waals surface area contributed by atoms with Crippen molar-refractivity contribution in [1.29, 1.82) is 0 Å². The van der Waals surface area contributed by atoms with Gasteiger partial charge in [0, 0.05) is 25.8 Å². The van der Waals surface area contributed by atoms with Crippen molar-refractivity contribution in [1.82, 2.24) is 9.88 Å². The molecule has 0 saturated heterocycles. The molecule has 1 amide bonds. The summed E-state index contributed by atoms with van der Waals surface area (Å²) in [7, 11) is 1.80. The minimum atomic E-state index is -0.108. The van der Waals surface area contributed by atoms with Gasteiger partial charge in [-0.25, -0.2) is 4.98 Å². The second-order valence-electron chi connectivity index (χ2n) is 9.27. The molecule has 0 bridgehead atoms. The average Bonchev–Trinajstić information content (AvgIpc) is 2.78. The quantitative estimate of drug-likeness (QED) is 0.396. The van der Waals surface area contributed by atoms with Crippen LogP contribution in [-0.4, -0.2) is 29.4 Å². The third kappa shape index (κ3) is 6.49. The number of halogens is 2. The van der Waals surface area contributed by atoms with Gasteiger partial charge < -0.3 is 10.2 Å². The highest BCUT2D eigenvalue weighted by Gasteiger charge is 2.21. The molecular weight excluding hydrogens is 453 g/mol. The Morgan fingerprint density at radius 3 is 2.24 bits per heavy atom. The zero-order valence-electron chi connectivity index (χ0n) is 19.9. The first-order chi connectivity index (χ1) is 15.6. The van der Waals surface area contributed by atoms with E-state index in [9.17, 15) is 4.79 Å². The zero-order chi connectivity index (χ0) is 24.2. The van der Waals surface area contributed by atoms with E-state index < -0.39 is 0 Å². The molecule has 3 aromatic rings. The van der Waals surface area contributed by atoms with Crippen molar-refractivity contribution in [3.05, 3.63) is 92.7 Å². The predicted molar refractivity (Wildman–Crippen MR) is 139 cm³/mol. The van der Waals surface area contributed by atoms with Gasteiger partial charge in [-0.1, -0.05) is 74.3 Å². The van der Waals surface area contributed by atoms with Crippen molar-refractivity contribution in [3.8, 4) is 0 Å². The lowest BCUT2D eigenvalue weighted by molar-refractivity contribution is 0.0740. The highest BCUT2D eigenvalue weighted by molar-refractivity contribution is 6.42. The minimum Gasteiger partial charge on any atom is -0.386 e. The molecule has 0 unspecified atom stereocenters. The lowest BCUT2D eigenvalue weighted by Gasteiger charge is -2.25. The number of nitrogens with one attached hydrogen (secondary N) is 1. The fourth-order valence-electron chi connectivity index (χ4n) is 3.61. The molecule has 1 N–H and O–H groups in total. The second kappa shape index (κ2) is 10.6. The first kappa shape index (κ1) is 25.1. The smallest absolute Gasteiger partial charge is 0.274 e. The van der Waals surface area contributed by atoms with E-state index in [1.54, 1.807) is 13.1 Å². The van der Waals surface area contributed by atoms with Gasteiger partial charge >= 0.3 is 0 Å². The summed E-state index contributed by atoms with van der Waals surface area (Å²) in [5, 5.41) is 4.13. The van der Waals surface area contributed by atoms with Crippen molar-refractivity contribution in [2.24, 2.45) is 0 Å². The van der Waals surface area contributed by atoms with Crippen LogP contribution in [0.2, 0.25) is 10.0 Å². The number of anilines is 1. The molecule has 0 aliphatic heterocycles. The van der Waals surface area contributed by atoms with Crippen LogP contribution in [0.15, 0.2) is 54.6 Å². The Labute approximate surface area is 206 Å². The van der Waals surface area contributed by atoms with E-state index in [2.05, 4.69) is 55.3 Å². The molecule has 0 fully saturated rings. The van der Waals surface area contributed by atoms with Crippen LogP contribution in [-0.2, 0) is 18.4 Å². The molecule has 6 heteroatoms. The summed E-state index contributed by atoms with van der Waals surface area (Å²) in [6.07, 6.45) is 0.656. The van der Waals surface area contributed by atoms with Gasteiger partial charge in [0.05, 0.1) is 15.7 Å². The van der Waals surface area contributed by atoms with Gasteiger partial charge in [0.1, 0.15) is 0 Å². The van der Waals surface area contributed by atoms with Crippen molar-refractivity contribution in [2.75, 3.05) is 18.9 Å². The van der Waals surface area contributed by atoms with Crippen molar-refractivity contribution < 1.29 is 4.79 Å². The monoisotopic (exact) mass is 483 g/mol. The van der Waals surface area contributed by atoms with Crippen LogP contribution in [0.3, 0.4) is 0 Å². The molecule has 0 spiro atoms. The van der Waals surface area contributed by atoms with E-state index in [1.807, 2.05) is 36.1 Å². The molecule has 2 aromatic carbocycles. The van der Waals surface area contributed by atoms with E-state index in [-0.39, 0.29) is 11.3 Å². The van der Waals surface area contributed by atoms with Gasteiger partial charge in [-0.05, 0) is 59.7 Å². The molecule has 174 valence electrons. The van der Waals surface area contributed by atoms with Gasteiger partial charge in [0.25, 0.3) is 5.91 Å². The van der Waals surface area contributed by atoms with Crippen LogP contribution < -0.4 is 5.32 Å². The number of aromatic nitrogens is 1. The summed E-state index contributed by atoms with van der Waals surface area (Å²) >= 11 is 12.3. The van der Waals surface area contributed by atoms with Crippen molar-refractivity contribution in [2.45, 2.75) is 46.1 Å². The highest BCUT2D eigenvalue weighted by atomic mass is 35.5. The number of benzene rings is 2. The topological polar surface area (TPSA) is 45.2 Å². The van der Waals surface area contributed by atoms with E-state index in [4.69, 9.17) is 23.2 Å². The van der Waals surface area contributed by atoms with Crippen LogP contribution in [0.4, 0.5) is 5.69 Å². The molecule has 0 atom stereocenters. The van der Waals surface area contributed by atoms with Gasteiger partial charge in [-0.15, -0.1) is 0 Å². The summed E-state index contributed by atoms with van der Waals surface area (Å²) < 4.78 is 0. The molecule has 3 rings (SSSR count). The molecule has 4 nitrogen and oxygen atoms in total. The van der Waals surface area contributed by atoms with E-state index >= 15 is 0 Å². The molecule has 1 heterocycles. The number of carbonyl (C=O) groups is 1. The summed E-state index contributed by atoms with van der Waals surface area (Å²) in [5.41, 5.74) is 5.38. The Balaban J connectivity index is 1.89. The normalized spacial score (nSPS) is 11.4. The summed E-state index contributed by atoms with van der Waals surface area (Å²) in [5.74, 6) is -0.108. The lowest BCUT2D eigenvalue weighted by atomic mass is 9.87. The lowest BCUT2D eigenvalue weighted by Crippen LogP contribution is -2.33. The van der Waals surface area contributed by atoms with E-state index in [0.29, 0.717) is 40.9 Å². The number of amides is 1. The number of hydrogen-bond acceptors (Lipinski definition) is 3. The number of rotatable bonds is 7. The fraction of sp³-hybridized carbons (Fsp3) is 0.333. The second-order valence-corrected chi connectivity index (χ2v) is 10.1. The standard InChI is InChI=1S/C27H31Cl2N3O/c1-18-6-13-24(30-5)25(31-18)26(33)32(15-14-19-9-12-22(28)23(29)16-19)17-20-7-10-21(11-8-20)27(2,3)4/h6-13,16,30H,14-15,17H2,1-5H3. The van der Waals surface area contributed by atoms with Gasteiger partial charge in [-0.2, -0.15) is 0 Å². The maximum atomic E-state index is 13.6. The number of nitrogens with zero attached hydrogens (tertiary/aromatic N) is 2. The summed E-state index contributed by atoms with van der Waals surface area (Å²) in [6.45, 7) is 9.48. The zero-order valence-corrected chi connectivity index (χ0v) is 21.4. The Morgan fingerprint density at radius 2 is 1.64 bits per heavy atom. The number of pyridine rings is 1. The van der Waals surface area contributed by atoms with Gasteiger partial charge in [-0.3, -0.25) is 4.79 Å². The first-order valence-electron chi connectivity index (χ1n) is 11.1. The Kier molecular flexibility index (Phi) is 8.04. The predicted octanol–water partition coefficient (Wildman–Crippen LogP) is 6.92. The average molecular weight is 484 g/mol. The maximum Gasteiger partial charge on any atom is 0.274 e. The van der Waals surface area contributed by atoms with Crippen LogP contribution in [0.25, 0.3) is 0 Å². The molecule has 0 aliphatic rings. The van der Waals surface area contributed by atoms with Crippen LogP contribution in [0.5, 0.6) is 0 Å². The van der Waals surface area contributed by atoms with E-state index in [0.717, 1.165) is 16.8 Å². The summed E-state index contributed by atoms with van der Waals surface area (Å²) in [4.78, 5) is 20.0. The van der Waals surface area contributed by atoms with E-state index in [1.165, 1.54) is 5.56 Å². The molecule has 0 radical (unpaired) electrons. The van der Waals surface area contributed by atoms with Crippen LogP contribution >= 0.6 is 23.2 Å². The molecule has 0 saturated carbocycles. The molecule has 1 aromatic heterocycles.